The molecule has 0 spiro atoms. The molecule has 3 fully saturated rings. The molecule has 3 unspecified atom stereocenters. The second-order valence-electron chi connectivity index (χ2n) is 18.5. The summed E-state index contributed by atoms with van der Waals surface area (Å²) in [4.78, 5) is 74.7. The maximum absolute atomic E-state index is 12.0. The maximum Gasteiger partial charge on any atom is 0.311 e. The molecule has 318 valence electrons. The van der Waals surface area contributed by atoms with Crippen LogP contribution in [0.5, 0.6) is 0 Å². The number of hydrogen-bond acceptors (Lipinski definition) is 8. The number of carbonyl (C=O) groups excluding carboxylic acids is 5. The Morgan fingerprint density at radius 3 is 0.915 bits per heavy atom. The topological polar surface area (TPSA) is 151 Å². The number of amides is 3. The molecule has 0 radical (unpaired) electrons. The highest BCUT2D eigenvalue weighted by molar-refractivity contribution is 6.01. The summed E-state index contributed by atoms with van der Waals surface area (Å²) in [7, 11) is 2.71. The summed E-state index contributed by atoms with van der Waals surface area (Å²) in [5.41, 5.74) is 6.33. The number of carbonyl (C=O) groups is 6. The Balaban J connectivity index is 0.000000196. The van der Waals surface area contributed by atoms with E-state index < -0.39 is 11.9 Å². The predicted molar refractivity (Wildman–Crippen MR) is 228 cm³/mol. The molecule has 3 atom stereocenters. The molecule has 3 aromatic rings. The first kappa shape index (κ1) is 46.2. The molecule has 3 amide bonds. The van der Waals surface area contributed by atoms with E-state index in [-0.39, 0.29) is 83.5 Å². The van der Waals surface area contributed by atoms with Crippen molar-refractivity contribution in [1.29, 1.82) is 0 Å². The lowest BCUT2D eigenvalue weighted by Gasteiger charge is -2.21. The van der Waals surface area contributed by atoms with Crippen molar-refractivity contribution in [3.63, 3.8) is 0 Å². The molecule has 3 saturated heterocycles. The lowest BCUT2D eigenvalue weighted by atomic mass is 9.87. The fourth-order valence-electron chi connectivity index (χ4n) is 7.11. The smallest absolute Gasteiger partial charge is 0.311 e. The lowest BCUT2D eigenvalue weighted by Crippen LogP contribution is -2.26. The van der Waals surface area contributed by atoms with Crippen molar-refractivity contribution in [2.75, 3.05) is 48.6 Å². The molecule has 0 saturated carbocycles. The monoisotopic (exact) mass is 811 g/mol. The van der Waals surface area contributed by atoms with E-state index in [9.17, 15) is 28.8 Å². The zero-order chi connectivity index (χ0) is 44.0. The van der Waals surface area contributed by atoms with Crippen molar-refractivity contribution in [2.24, 2.45) is 17.8 Å². The van der Waals surface area contributed by atoms with Gasteiger partial charge < -0.3 is 29.3 Å². The van der Waals surface area contributed by atoms with Gasteiger partial charge in [0.2, 0.25) is 17.7 Å². The van der Waals surface area contributed by atoms with Gasteiger partial charge in [-0.05, 0) is 69.3 Å². The van der Waals surface area contributed by atoms with E-state index in [1.54, 1.807) is 14.7 Å². The standard InChI is InChI=1S/2C16H21NO3.C15H19NO3/c2*1-16(2,3)12-5-7-13(8-6-12)17-10-11(9-14(17)18)15(19)20-4;1-15(2,3)11-4-6-12(7-5-11)16-9-10(14(18)19)8-13(16)17/h2*5-8,11H,9-10H2,1-4H3;4-7,10H,8-9H2,1-3H3,(H,18,19). The zero-order valence-electron chi connectivity index (χ0n) is 36.5. The van der Waals surface area contributed by atoms with Crippen LogP contribution < -0.4 is 14.7 Å². The highest BCUT2D eigenvalue weighted by Gasteiger charge is 2.38. The Labute approximate surface area is 348 Å². The molecule has 3 aliphatic heterocycles. The van der Waals surface area contributed by atoms with Crippen molar-refractivity contribution in [3.8, 4) is 0 Å². The second-order valence-corrected chi connectivity index (χ2v) is 18.5. The molecule has 0 bridgehead atoms. The molecule has 12 heteroatoms. The minimum atomic E-state index is -0.901. The van der Waals surface area contributed by atoms with Gasteiger partial charge in [-0.1, -0.05) is 98.7 Å². The fourth-order valence-corrected chi connectivity index (χ4v) is 7.11. The number of benzene rings is 3. The van der Waals surface area contributed by atoms with Crippen molar-refractivity contribution in [3.05, 3.63) is 89.5 Å². The summed E-state index contributed by atoms with van der Waals surface area (Å²) in [5.74, 6) is -2.98. The number of carboxylic acid groups (broad SMARTS) is 1. The van der Waals surface area contributed by atoms with E-state index >= 15 is 0 Å². The van der Waals surface area contributed by atoms with Crippen molar-refractivity contribution in [2.45, 2.75) is 97.8 Å². The van der Waals surface area contributed by atoms with E-state index in [2.05, 4.69) is 62.3 Å². The quantitative estimate of drug-likeness (QED) is 0.251. The van der Waals surface area contributed by atoms with Crippen LogP contribution in [-0.4, -0.2) is 74.6 Å². The third-order valence-electron chi connectivity index (χ3n) is 10.9. The Morgan fingerprint density at radius 1 is 0.475 bits per heavy atom. The largest absolute Gasteiger partial charge is 0.481 e. The van der Waals surface area contributed by atoms with E-state index in [4.69, 9.17) is 14.6 Å². The number of hydrogen-bond donors (Lipinski definition) is 1. The molecule has 59 heavy (non-hydrogen) atoms. The minimum Gasteiger partial charge on any atom is -0.481 e. The van der Waals surface area contributed by atoms with Crippen LogP contribution in [0.15, 0.2) is 72.8 Å². The summed E-state index contributed by atoms with van der Waals surface area (Å²) < 4.78 is 9.43. The number of carboxylic acids is 1. The second kappa shape index (κ2) is 18.6. The van der Waals surface area contributed by atoms with Crippen LogP contribution in [0.25, 0.3) is 0 Å². The third-order valence-corrected chi connectivity index (χ3v) is 10.9. The Hall–Kier alpha value is -5.52. The van der Waals surface area contributed by atoms with E-state index in [0.29, 0.717) is 13.1 Å². The molecule has 3 aromatic carbocycles. The van der Waals surface area contributed by atoms with Crippen LogP contribution in [-0.2, 0) is 54.5 Å². The average Bonchev–Trinajstić information content (AvgIpc) is 3.90. The number of anilines is 3. The minimum absolute atomic E-state index is 0.0242. The van der Waals surface area contributed by atoms with Gasteiger partial charge in [-0.25, -0.2) is 0 Å². The molecule has 0 aliphatic carbocycles. The van der Waals surface area contributed by atoms with Gasteiger partial charge in [-0.2, -0.15) is 0 Å². The molecule has 1 N–H and O–H groups in total. The van der Waals surface area contributed by atoms with Crippen molar-refractivity contribution in [1.82, 2.24) is 0 Å². The SMILES string of the molecule is CC(C)(C)c1ccc(N2CC(C(=O)O)CC2=O)cc1.COC(=O)C1CC(=O)N(c2ccc(C(C)(C)C)cc2)C1.COC(=O)C1CC(=O)N(c2ccc(C(C)(C)C)cc2)C1. The van der Waals surface area contributed by atoms with Gasteiger partial charge in [0, 0.05) is 56.0 Å². The third kappa shape index (κ3) is 11.8. The number of esters is 2. The first-order chi connectivity index (χ1) is 27.4. The van der Waals surface area contributed by atoms with Gasteiger partial charge >= 0.3 is 17.9 Å². The van der Waals surface area contributed by atoms with Gasteiger partial charge in [0.1, 0.15) is 0 Å². The van der Waals surface area contributed by atoms with Crippen LogP contribution in [0.4, 0.5) is 17.1 Å². The Morgan fingerprint density at radius 2 is 0.712 bits per heavy atom. The summed E-state index contributed by atoms with van der Waals surface area (Å²) in [6.07, 6.45) is 0.553. The highest BCUT2D eigenvalue weighted by atomic mass is 16.5. The molecule has 3 heterocycles. The van der Waals surface area contributed by atoms with E-state index in [1.807, 2.05) is 72.8 Å². The van der Waals surface area contributed by atoms with Crippen LogP contribution >= 0.6 is 0 Å². The Kier molecular flexibility index (Phi) is 14.6. The zero-order valence-corrected chi connectivity index (χ0v) is 36.5. The number of nitrogens with zero attached hydrogens (tertiary/aromatic N) is 3. The van der Waals surface area contributed by atoms with Crippen molar-refractivity contribution >= 4 is 52.7 Å². The number of methoxy groups -OCH3 is 2. The Bertz CT molecular complexity index is 1890. The van der Waals surface area contributed by atoms with Gasteiger partial charge in [-0.15, -0.1) is 0 Å². The highest BCUT2D eigenvalue weighted by Crippen LogP contribution is 2.32. The van der Waals surface area contributed by atoms with E-state index in [1.165, 1.54) is 30.9 Å². The summed E-state index contributed by atoms with van der Waals surface area (Å²) >= 11 is 0. The lowest BCUT2D eigenvalue weighted by molar-refractivity contribution is -0.145. The molecular formula is C47H61N3O9. The molecular weight excluding hydrogens is 751 g/mol. The van der Waals surface area contributed by atoms with Crippen molar-refractivity contribution < 1.29 is 43.3 Å². The van der Waals surface area contributed by atoms with Gasteiger partial charge in [0.25, 0.3) is 0 Å². The number of aliphatic carboxylic acids is 1. The summed E-state index contributed by atoms with van der Waals surface area (Å²) in [6, 6.07) is 23.7. The van der Waals surface area contributed by atoms with Gasteiger partial charge in [0.15, 0.2) is 0 Å². The summed E-state index contributed by atoms with van der Waals surface area (Å²) in [5, 5.41) is 8.97. The average molecular weight is 812 g/mol. The van der Waals surface area contributed by atoms with Gasteiger partial charge in [-0.3, -0.25) is 28.8 Å². The molecule has 0 aromatic heterocycles. The number of ether oxygens (including phenoxy) is 2. The fraction of sp³-hybridized carbons (Fsp3) is 0.489. The first-order valence-corrected chi connectivity index (χ1v) is 20.1. The van der Waals surface area contributed by atoms with Crippen LogP contribution in [0.1, 0.15) is 98.3 Å². The maximum atomic E-state index is 12.0. The van der Waals surface area contributed by atoms with Crippen LogP contribution in [0.2, 0.25) is 0 Å². The van der Waals surface area contributed by atoms with Crippen LogP contribution in [0.3, 0.4) is 0 Å². The van der Waals surface area contributed by atoms with Crippen LogP contribution in [0, 0.1) is 17.8 Å². The van der Waals surface area contributed by atoms with E-state index in [0.717, 1.165) is 17.1 Å². The van der Waals surface area contributed by atoms with Gasteiger partial charge in [0.05, 0.1) is 32.0 Å². The molecule has 6 rings (SSSR count). The molecule has 3 aliphatic rings. The normalized spacial score (nSPS) is 19.5. The first-order valence-electron chi connectivity index (χ1n) is 20.1. The number of rotatable bonds is 6. The molecule has 12 nitrogen and oxygen atoms in total. The summed E-state index contributed by atoms with van der Waals surface area (Å²) in [6.45, 7) is 20.4. The predicted octanol–water partition coefficient (Wildman–Crippen LogP) is 7.44.